The molecule has 3 rings (SSSR count). The van der Waals surface area contributed by atoms with Crippen LogP contribution in [0.2, 0.25) is 0 Å². The van der Waals surface area contributed by atoms with E-state index >= 15 is 0 Å². The molecule has 1 aliphatic rings. The fraction of sp³-hybridized carbons (Fsp3) is 0.500. The molecule has 0 radical (unpaired) electrons. The number of nitrogens with one attached hydrogen (secondary N) is 1. The molecule has 0 saturated carbocycles. The zero-order valence-corrected chi connectivity index (χ0v) is 17.7. The van der Waals surface area contributed by atoms with Crippen molar-refractivity contribution in [3.05, 3.63) is 47.2 Å². The quantitative estimate of drug-likeness (QED) is 0.809. The van der Waals surface area contributed by atoms with Crippen LogP contribution in [0, 0.1) is 12.8 Å². The van der Waals surface area contributed by atoms with Gasteiger partial charge in [-0.3, -0.25) is 14.5 Å². The number of para-hydroxylation sites is 1. The molecule has 156 valence electrons. The third-order valence-electron chi connectivity index (χ3n) is 5.11. The number of amides is 2. The lowest BCUT2D eigenvalue weighted by Crippen LogP contribution is -2.47. The van der Waals surface area contributed by atoms with E-state index in [9.17, 15) is 9.59 Å². The van der Waals surface area contributed by atoms with Gasteiger partial charge in [0.2, 0.25) is 11.7 Å². The standard InChI is InChI=1S/C22H30N4O3/c1-15(2)13-20-23-16(3)21(29-20)22(28)24-19-8-6-5-7-18(19)14-25-9-11-26(12-10-25)17(4)27/h5-8,15H,9-14H2,1-4H3,(H,24,28). The topological polar surface area (TPSA) is 78.7 Å². The van der Waals surface area contributed by atoms with Gasteiger partial charge in [-0.15, -0.1) is 0 Å². The Morgan fingerprint density at radius 2 is 1.86 bits per heavy atom. The summed E-state index contributed by atoms with van der Waals surface area (Å²) < 4.78 is 5.71. The molecule has 1 N–H and O–H groups in total. The molecule has 1 aromatic heterocycles. The first-order valence-electron chi connectivity index (χ1n) is 10.2. The molecule has 7 heteroatoms. The fourth-order valence-corrected chi connectivity index (χ4v) is 3.52. The van der Waals surface area contributed by atoms with Gasteiger partial charge in [0, 0.05) is 51.8 Å². The van der Waals surface area contributed by atoms with Crippen LogP contribution in [0.15, 0.2) is 28.7 Å². The molecule has 0 bridgehead atoms. The summed E-state index contributed by atoms with van der Waals surface area (Å²) in [6.45, 7) is 11.4. The highest BCUT2D eigenvalue weighted by Gasteiger charge is 2.21. The minimum atomic E-state index is -0.279. The van der Waals surface area contributed by atoms with Crippen LogP contribution in [0.1, 0.15) is 48.5 Å². The highest BCUT2D eigenvalue weighted by atomic mass is 16.4. The van der Waals surface area contributed by atoms with Crippen molar-refractivity contribution >= 4 is 17.5 Å². The highest BCUT2D eigenvalue weighted by Crippen LogP contribution is 2.21. The Labute approximate surface area is 172 Å². The molecule has 7 nitrogen and oxygen atoms in total. The normalized spacial score (nSPS) is 15.0. The lowest BCUT2D eigenvalue weighted by atomic mass is 10.1. The molecule has 0 unspecified atom stereocenters. The Bertz CT molecular complexity index is 867. The van der Waals surface area contributed by atoms with Crippen molar-refractivity contribution in [2.75, 3.05) is 31.5 Å². The van der Waals surface area contributed by atoms with Gasteiger partial charge in [-0.25, -0.2) is 4.98 Å². The zero-order valence-electron chi connectivity index (χ0n) is 17.7. The molecule has 0 aliphatic carbocycles. The number of oxazole rings is 1. The van der Waals surface area contributed by atoms with E-state index in [1.54, 1.807) is 13.8 Å². The Hall–Kier alpha value is -2.67. The average molecular weight is 399 g/mol. The minimum absolute atomic E-state index is 0.122. The second kappa shape index (κ2) is 9.22. The molecule has 2 heterocycles. The van der Waals surface area contributed by atoms with Crippen LogP contribution in [0.4, 0.5) is 5.69 Å². The lowest BCUT2D eigenvalue weighted by molar-refractivity contribution is -0.130. The van der Waals surface area contributed by atoms with Crippen molar-refractivity contribution in [2.24, 2.45) is 5.92 Å². The summed E-state index contributed by atoms with van der Waals surface area (Å²) in [7, 11) is 0. The Balaban J connectivity index is 1.67. The van der Waals surface area contributed by atoms with E-state index in [2.05, 4.69) is 29.0 Å². The van der Waals surface area contributed by atoms with Gasteiger partial charge in [0.05, 0.1) is 5.69 Å². The minimum Gasteiger partial charge on any atom is -0.435 e. The van der Waals surface area contributed by atoms with Crippen LogP contribution in [-0.4, -0.2) is 52.8 Å². The highest BCUT2D eigenvalue weighted by molar-refractivity contribution is 6.03. The summed E-state index contributed by atoms with van der Waals surface area (Å²) in [5.41, 5.74) is 2.42. The van der Waals surface area contributed by atoms with Gasteiger partial charge in [-0.2, -0.15) is 0 Å². The van der Waals surface area contributed by atoms with Crippen LogP contribution in [0.25, 0.3) is 0 Å². The van der Waals surface area contributed by atoms with Crippen LogP contribution in [-0.2, 0) is 17.8 Å². The number of nitrogens with zero attached hydrogens (tertiary/aromatic N) is 3. The summed E-state index contributed by atoms with van der Waals surface area (Å²) in [4.78, 5) is 32.8. The predicted octanol–water partition coefficient (Wildman–Crippen LogP) is 3.10. The number of hydrogen-bond acceptors (Lipinski definition) is 5. The summed E-state index contributed by atoms with van der Waals surface area (Å²) in [6.07, 6.45) is 0.705. The first kappa shape index (κ1) is 21.0. The first-order chi connectivity index (χ1) is 13.8. The van der Waals surface area contributed by atoms with Gasteiger partial charge in [-0.05, 0) is 24.5 Å². The molecule has 1 aromatic carbocycles. The SMILES string of the molecule is CC(=O)N1CCN(Cc2ccccc2NC(=O)c2oc(CC(C)C)nc2C)CC1. The number of hydrogen-bond donors (Lipinski definition) is 1. The maximum atomic E-state index is 12.8. The van der Waals surface area contributed by atoms with E-state index in [1.807, 2.05) is 29.2 Å². The van der Waals surface area contributed by atoms with Gasteiger partial charge in [0.25, 0.3) is 5.91 Å². The average Bonchev–Trinajstić information content (AvgIpc) is 3.03. The van der Waals surface area contributed by atoms with E-state index in [0.717, 1.165) is 44.0 Å². The molecule has 0 spiro atoms. The number of benzene rings is 1. The van der Waals surface area contributed by atoms with Gasteiger partial charge >= 0.3 is 0 Å². The van der Waals surface area contributed by atoms with Crippen molar-refractivity contribution in [3.63, 3.8) is 0 Å². The lowest BCUT2D eigenvalue weighted by Gasteiger charge is -2.34. The molecule has 1 fully saturated rings. The monoisotopic (exact) mass is 398 g/mol. The maximum absolute atomic E-state index is 12.8. The second-order valence-electron chi connectivity index (χ2n) is 8.01. The third kappa shape index (κ3) is 5.44. The molecule has 29 heavy (non-hydrogen) atoms. The Morgan fingerprint density at radius 3 is 2.52 bits per heavy atom. The van der Waals surface area contributed by atoms with E-state index in [-0.39, 0.29) is 17.6 Å². The van der Waals surface area contributed by atoms with Gasteiger partial charge in [0.1, 0.15) is 0 Å². The Kier molecular flexibility index (Phi) is 6.69. The van der Waals surface area contributed by atoms with Crippen LogP contribution < -0.4 is 5.32 Å². The number of piperazine rings is 1. The molecular weight excluding hydrogens is 368 g/mol. The zero-order chi connectivity index (χ0) is 21.0. The van der Waals surface area contributed by atoms with E-state index in [0.29, 0.717) is 23.9 Å². The molecule has 2 aromatic rings. The molecular formula is C22H30N4O3. The summed E-state index contributed by atoms with van der Waals surface area (Å²) >= 11 is 0. The molecule has 1 aliphatic heterocycles. The summed E-state index contributed by atoms with van der Waals surface area (Å²) in [5, 5.41) is 2.99. The number of anilines is 1. The van der Waals surface area contributed by atoms with Crippen molar-refractivity contribution in [1.82, 2.24) is 14.8 Å². The largest absolute Gasteiger partial charge is 0.435 e. The van der Waals surface area contributed by atoms with Crippen LogP contribution in [0.3, 0.4) is 0 Å². The predicted molar refractivity (Wildman–Crippen MR) is 112 cm³/mol. The second-order valence-corrected chi connectivity index (χ2v) is 8.01. The first-order valence-corrected chi connectivity index (χ1v) is 10.2. The fourth-order valence-electron chi connectivity index (χ4n) is 3.52. The van der Waals surface area contributed by atoms with E-state index in [4.69, 9.17) is 4.42 Å². The number of rotatable bonds is 6. The molecule has 0 atom stereocenters. The van der Waals surface area contributed by atoms with Gasteiger partial charge in [-0.1, -0.05) is 32.0 Å². The van der Waals surface area contributed by atoms with E-state index in [1.165, 1.54) is 0 Å². The van der Waals surface area contributed by atoms with Crippen LogP contribution >= 0.6 is 0 Å². The number of aryl methyl sites for hydroxylation is 1. The van der Waals surface area contributed by atoms with Gasteiger partial charge in [0.15, 0.2) is 5.89 Å². The molecule has 1 saturated heterocycles. The van der Waals surface area contributed by atoms with E-state index < -0.39 is 0 Å². The number of aromatic nitrogens is 1. The summed E-state index contributed by atoms with van der Waals surface area (Å²) in [5.74, 6) is 1.12. The smallest absolute Gasteiger partial charge is 0.293 e. The maximum Gasteiger partial charge on any atom is 0.293 e. The number of carbonyl (C=O) groups excluding carboxylic acids is 2. The van der Waals surface area contributed by atoms with Crippen molar-refractivity contribution < 1.29 is 14.0 Å². The van der Waals surface area contributed by atoms with Gasteiger partial charge < -0.3 is 14.6 Å². The summed E-state index contributed by atoms with van der Waals surface area (Å²) in [6, 6.07) is 7.80. The number of carbonyl (C=O) groups is 2. The van der Waals surface area contributed by atoms with Crippen molar-refractivity contribution in [1.29, 1.82) is 0 Å². The molecule has 2 amide bonds. The Morgan fingerprint density at radius 1 is 1.17 bits per heavy atom. The third-order valence-corrected chi connectivity index (χ3v) is 5.11. The van der Waals surface area contributed by atoms with Crippen molar-refractivity contribution in [2.45, 2.75) is 40.7 Å². The van der Waals surface area contributed by atoms with Crippen molar-refractivity contribution in [3.8, 4) is 0 Å². The van der Waals surface area contributed by atoms with Crippen LogP contribution in [0.5, 0.6) is 0 Å².